The molecule has 4 N–H and O–H groups in total. The van der Waals surface area contributed by atoms with E-state index in [-0.39, 0.29) is 37.3 Å². The Morgan fingerprint density at radius 3 is 2.21 bits per heavy atom. The molecule has 0 unspecified atom stereocenters. The van der Waals surface area contributed by atoms with Crippen molar-refractivity contribution in [1.82, 2.24) is 9.97 Å². The third kappa shape index (κ3) is 5.15. The number of aromatic carboxylic acids is 1. The van der Waals surface area contributed by atoms with E-state index in [0.717, 1.165) is 0 Å². The molecule has 1 aromatic rings. The van der Waals surface area contributed by atoms with Crippen LogP contribution in [0.25, 0.3) is 0 Å². The van der Waals surface area contributed by atoms with Gasteiger partial charge in [-0.3, -0.25) is 14.6 Å². The van der Waals surface area contributed by atoms with Crippen molar-refractivity contribution < 1.29 is 19.8 Å². The van der Waals surface area contributed by atoms with Crippen LogP contribution in [-0.4, -0.2) is 51.0 Å². The van der Waals surface area contributed by atoms with Crippen molar-refractivity contribution in [2.24, 2.45) is 0 Å². The quantitative estimate of drug-likeness (QED) is 0.380. The first kappa shape index (κ1) is 17.2. The van der Waals surface area contributed by atoms with Crippen molar-refractivity contribution in [2.75, 3.05) is 0 Å². The number of hydrogen-bond acceptors (Lipinski definition) is 4. The minimum absolute atomic E-state index is 0. The number of aliphatic carboxylic acids is 1. The molecule has 0 bridgehead atoms. The van der Waals surface area contributed by atoms with E-state index in [1.807, 2.05) is 9.97 Å². The van der Waals surface area contributed by atoms with Crippen molar-refractivity contribution >= 4 is 30.8 Å². The zero-order valence-corrected chi connectivity index (χ0v) is 9.36. The van der Waals surface area contributed by atoms with Crippen LogP contribution in [0.4, 0.5) is 0 Å². The second-order valence-corrected chi connectivity index (χ2v) is 3.67. The summed E-state index contributed by atoms with van der Waals surface area (Å²) in [6, 6.07) is 0. The van der Waals surface area contributed by atoms with Crippen LogP contribution in [0.3, 0.4) is 0 Å². The second kappa shape index (κ2) is 7.61. The predicted octanol–water partition coefficient (Wildman–Crippen LogP) is -1.09. The van der Waals surface area contributed by atoms with Crippen LogP contribution in [0, 0.1) is 0 Å². The Hall–Kier alpha value is -1.78. The Labute approximate surface area is 119 Å². The van der Waals surface area contributed by atoms with Crippen molar-refractivity contribution in [3.8, 4) is 0 Å². The molecule has 1 rings (SSSR count). The van der Waals surface area contributed by atoms with Gasteiger partial charge in [0.2, 0.25) is 0 Å². The Morgan fingerprint density at radius 2 is 1.68 bits per heavy atom. The number of unbranched alkanes of at least 4 members (excludes halogenated alkanes) is 1. The Morgan fingerprint density at radius 1 is 1.05 bits per heavy atom. The summed E-state index contributed by atoms with van der Waals surface area (Å²) in [4.78, 5) is 47.5. The van der Waals surface area contributed by atoms with Crippen molar-refractivity contribution in [2.45, 2.75) is 25.7 Å². The monoisotopic (exact) mass is 264 g/mol. The molecule has 0 atom stereocenters. The molecule has 19 heavy (non-hydrogen) atoms. The molecular weight excluding hydrogens is 251 g/mol. The summed E-state index contributed by atoms with van der Waals surface area (Å²) in [5.41, 5.74) is -2.13. The van der Waals surface area contributed by atoms with E-state index in [9.17, 15) is 19.2 Å². The van der Waals surface area contributed by atoms with Gasteiger partial charge in [-0.2, -0.15) is 0 Å². The van der Waals surface area contributed by atoms with Gasteiger partial charge in [0.25, 0.3) is 5.56 Å². The zero-order valence-electron chi connectivity index (χ0n) is 9.36. The van der Waals surface area contributed by atoms with Gasteiger partial charge in [0.05, 0.1) is 0 Å². The first-order chi connectivity index (χ1) is 8.41. The van der Waals surface area contributed by atoms with Gasteiger partial charge in [-0.1, -0.05) is 0 Å². The van der Waals surface area contributed by atoms with Crippen LogP contribution in [0.2, 0.25) is 0 Å². The number of nitrogens with one attached hydrogen (secondary N) is 2. The molecule has 100 valence electrons. The fourth-order valence-corrected chi connectivity index (χ4v) is 1.51. The van der Waals surface area contributed by atoms with E-state index in [1.165, 1.54) is 0 Å². The molecular formula is C10H13LiN2O6. The number of aromatic amines is 2. The van der Waals surface area contributed by atoms with Crippen LogP contribution < -0.4 is 11.2 Å². The molecule has 1 heterocycles. The van der Waals surface area contributed by atoms with E-state index in [4.69, 9.17) is 10.2 Å². The van der Waals surface area contributed by atoms with Crippen LogP contribution in [0.5, 0.6) is 0 Å². The number of hydrogen-bond donors (Lipinski definition) is 4. The molecule has 0 aliphatic heterocycles. The van der Waals surface area contributed by atoms with E-state index in [1.54, 1.807) is 0 Å². The fraction of sp³-hybridized carbons (Fsp3) is 0.400. The topological polar surface area (TPSA) is 140 Å². The summed E-state index contributed by atoms with van der Waals surface area (Å²) >= 11 is 0. The molecule has 0 aliphatic rings. The van der Waals surface area contributed by atoms with E-state index in [2.05, 4.69) is 0 Å². The number of rotatable bonds is 6. The minimum atomic E-state index is -1.40. The van der Waals surface area contributed by atoms with Gasteiger partial charge in [-0.25, -0.2) is 9.59 Å². The van der Waals surface area contributed by atoms with Crippen LogP contribution >= 0.6 is 0 Å². The Bertz CT molecular complexity index is 576. The number of H-pyrrole nitrogens is 2. The molecule has 0 fully saturated rings. The average molecular weight is 264 g/mol. The van der Waals surface area contributed by atoms with Crippen LogP contribution in [0.1, 0.15) is 35.3 Å². The SMILES string of the molecule is O=C(O)CCCCc1c(C(=O)O)[nH]c(=O)[nH]c1=O.[LiH]. The van der Waals surface area contributed by atoms with Gasteiger partial charge in [0.15, 0.2) is 0 Å². The fourth-order valence-electron chi connectivity index (χ4n) is 1.51. The number of carbonyl (C=O) groups is 2. The maximum absolute atomic E-state index is 11.4. The summed E-state index contributed by atoms with van der Waals surface area (Å²) in [5.74, 6) is -2.35. The third-order valence-electron chi connectivity index (χ3n) is 2.32. The maximum atomic E-state index is 11.4. The van der Waals surface area contributed by atoms with Gasteiger partial charge in [0.1, 0.15) is 5.69 Å². The van der Waals surface area contributed by atoms with Gasteiger partial charge in [-0.05, 0) is 19.3 Å². The van der Waals surface area contributed by atoms with Crippen molar-refractivity contribution in [3.05, 3.63) is 32.1 Å². The molecule has 0 radical (unpaired) electrons. The summed E-state index contributed by atoms with van der Waals surface area (Å²) < 4.78 is 0. The normalized spacial score (nSPS) is 9.68. The molecule has 0 saturated heterocycles. The molecule has 0 amide bonds. The number of carboxylic acids is 2. The average Bonchev–Trinajstić information content (AvgIpc) is 2.25. The first-order valence-corrected chi connectivity index (χ1v) is 5.22. The number of aromatic nitrogens is 2. The zero-order chi connectivity index (χ0) is 13.7. The molecule has 0 aromatic carbocycles. The molecule has 1 aromatic heterocycles. The second-order valence-electron chi connectivity index (χ2n) is 3.67. The van der Waals surface area contributed by atoms with Gasteiger partial charge in [0, 0.05) is 12.0 Å². The summed E-state index contributed by atoms with van der Waals surface area (Å²) in [6.45, 7) is 0. The third-order valence-corrected chi connectivity index (χ3v) is 2.32. The standard InChI is InChI=1S/C10H12N2O6.Li.H/c13-6(14)4-2-1-3-5-7(9(16)17)11-10(18)12-8(5)15;;/h1-4H2,(H,13,14)(H,16,17)(H2,11,12,15,18);;. The molecule has 9 heteroatoms. The molecule has 0 spiro atoms. The summed E-state index contributed by atoms with van der Waals surface area (Å²) in [7, 11) is 0. The van der Waals surface area contributed by atoms with Crippen LogP contribution in [0.15, 0.2) is 9.59 Å². The summed E-state index contributed by atoms with van der Waals surface area (Å²) in [5, 5.41) is 17.3. The van der Waals surface area contributed by atoms with E-state index < -0.39 is 28.9 Å². The molecule has 0 saturated carbocycles. The Balaban J connectivity index is 0.00000324. The van der Waals surface area contributed by atoms with Crippen molar-refractivity contribution in [3.63, 3.8) is 0 Å². The number of carboxylic acid groups (broad SMARTS) is 2. The van der Waals surface area contributed by atoms with Gasteiger partial charge >= 0.3 is 36.5 Å². The predicted molar refractivity (Wildman–Crippen MR) is 67.0 cm³/mol. The van der Waals surface area contributed by atoms with E-state index in [0.29, 0.717) is 12.8 Å². The first-order valence-electron chi connectivity index (χ1n) is 5.22. The Kier molecular flexibility index (Phi) is 6.89. The summed E-state index contributed by atoms with van der Waals surface area (Å²) in [6.07, 6.45) is 0.722. The van der Waals surface area contributed by atoms with Crippen LogP contribution in [-0.2, 0) is 11.2 Å². The molecule has 8 nitrogen and oxygen atoms in total. The molecule has 0 aliphatic carbocycles. The van der Waals surface area contributed by atoms with Gasteiger partial charge < -0.3 is 15.2 Å². The van der Waals surface area contributed by atoms with Gasteiger partial charge in [-0.15, -0.1) is 0 Å². The van der Waals surface area contributed by atoms with E-state index >= 15 is 0 Å². The van der Waals surface area contributed by atoms with Crippen molar-refractivity contribution in [1.29, 1.82) is 0 Å².